The van der Waals surface area contributed by atoms with Crippen molar-refractivity contribution in [2.24, 2.45) is 0 Å². The Bertz CT molecular complexity index is 1380. The predicted molar refractivity (Wildman–Crippen MR) is 139 cm³/mol. The second-order valence-corrected chi connectivity index (χ2v) is 9.45. The first kappa shape index (κ1) is 24.3. The molecule has 2 aromatic carbocycles. The highest BCUT2D eigenvalue weighted by atomic mass is 32.1. The summed E-state index contributed by atoms with van der Waals surface area (Å²) in [5, 5.41) is 8.27. The Morgan fingerprint density at radius 2 is 1.77 bits per heavy atom. The number of nitrogens with zero attached hydrogens (tertiary/aromatic N) is 3. The van der Waals surface area contributed by atoms with Crippen LogP contribution in [0.4, 0.5) is 0 Å². The van der Waals surface area contributed by atoms with Gasteiger partial charge in [0.05, 0.1) is 17.1 Å². The third-order valence-corrected chi connectivity index (χ3v) is 6.65. The zero-order valence-electron chi connectivity index (χ0n) is 20.2. The van der Waals surface area contributed by atoms with Gasteiger partial charge in [-0.05, 0) is 57.0 Å². The molecule has 2 aromatic heterocycles. The molecule has 4 rings (SSSR count). The molecule has 180 valence electrons. The van der Waals surface area contributed by atoms with Crippen LogP contribution in [0, 0.1) is 20.8 Å². The molecule has 1 amide bonds. The fourth-order valence-corrected chi connectivity index (χ4v) is 4.79. The molecule has 7 nitrogen and oxygen atoms in total. The van der Waals surface area contributed by atoms with E-state index in [0.29, 0.717) is 11.4 Å². The van der Waals surface area contributed by atoms with Crippen molar-refractivity contribution in [1.29, 1.82) is 0 Å². The van der Waals surface area contributed by atoms with Gasteiger partial charge in [-0.3, -0.25) is 9.59 Å². The number of hydrogen-bond donors (Lipinski definition) is 1. The summed E-state index contributed by atoms with van der Waals surface area (Å²) < 4.78 is 7.16. The maximum atomic E-state index is 12.5. The van der Waals surface area contributed by atoms with Crippen LogP contribution in [0.2, 0.25) is 0 Å². The number of thiazole rings is 1. The van der Waals surface area contributed by atoms with E-state index in [1.54, 1.807) is 24.3 Å². The van der Waals surface area contributed by atoms with Crippen molar-refractivity contribution >= 4 is 17.2 Å². The summed E-state index contributed by atoms with van der Waals surface area (Å²) in [6.45, 7) is 8.12. The fourth-order valence-electron chi connectivity index (χ4n) is 3.76. The van der Waals surface area contributed by atoms with E-state index in [1.165, 1.54) is 10.7 Å². The van der Waals surface area contributed by atoms with Crippen molar-refractivity contribution in [2.45, 2.75) is 40.3 Å². The van der Waals surface area contributed by atoms with E-state index in [4.69, 9.17) is 4.74 Å². The largest absolute Gasteiger partial charge is 0.481 e. The zero-order valence-corrected chi connectivity index (χ0v) is 21.1. The Kier molecular flexibility index (Phi) is 7.41. The lowest BCUT2D eigenvalue weighted by Crippen LogP contribution is -2.39. The minimum absolute atomic E-state index is 0.229. The van der Waals surface area contributed by atoms with Crippen molar-refractivity contribution in [1.82, 2.24) is 20.1 Å². The maximum Gasteiger partial charge on any atom is 0.266 e. The second-order valence-electron chi connectivity index (χ2n) is 8.45. The number of aryl methyl sites for hydroxylation is 3. The van der Waals surface area contributed by atoms with Gasteiger partial charge in [0.25, 0.3) is 11.5 Å². The smallest absolute Gasteiger partial charge is 0.266 e. The molecule has 2 heterocycles. The van der Waals surface area contributed by atoms with Gasteiger partial charge < -0.3 is 10.1 Å². The molecule has 8 heteroatoms. The van der Waals surface area contributed by atoms with Crippen LogP contribution in [0.3, 0.4) is 0 Å². The van der Waals surface area contributed by atoms with Crippen LogP contribution < -0.4 is 15.6 Å². The molecule has 0 aliphatic carbocycles. The van der Waals surface area contributed by atoms with Gasteiger partial charge in [-0.15, -0.1) is 11.3 Å². The molecule has 4 aromatic rings. The van der Waals surface area contributed by atoms with Crippen LogP contribution in [0.25, 0.3) is 21.1 Å². The molecule has 0 radical (unpaired) electrons. The SMILES string of the molecule is Cc1cc(C)cc(OC(C)C(=O)NCCn2nc(-c3sc(-c4ccccc4)nc3C)ccc2=O)c1. The van der Waals surface area contributed by atoms with Crippen molar-refractivity contribution in [2.75, 3.05) is 6.54 Å². The summed E-state index contributed by atoms with van der Waals surface area (Å²) in [5.41, 5.74) is 4.50. The Balaban J connectivity index is 1.40. The summed E-state index contributed by atoms with van der Waals surface area (Å²) in [6.07, 6.45) is -0.663. The topological polar surface area (TPSA) is 86.1 Å². The van der Waals surface area contributed by atoms with Crippen LogP contribution in [0.15, 0.2) is 65.5 Å². The molecule has 0 spiro atoms. The van der Waals surface area contributed by atoms with E-state index in [-0.39, 0.29) is 24.6 Å². The van der Waals surface area contributed by atoms with E-state index in [0.717, 1.165) is 32.3 Å². The van der Waals surface area contributed by atoms with Crippen LogP contribution in [0.1, 0.15) is 23.7 Å². The normalized spacial score (nSPS) is 11.8. The van der Waals surface area contributed by atoms with Crippen molar-refractivity contribution < 1.29 is 9.53 Å². The van der Waals surface area contributed by atoms with Gasteiger partial charge in [0, 0.05) is 18.2 Å². The van der Waals surface area contributed by atoms with Gasteiger partial charge in [-0.1, -0.05) is 36.4 Å². The van der Waals surface area contributed by atoms with Gasteiger partial charge in [0.2, 0.25) is 0 Å². The molecule has 0 saturated carbocycles. The number of amides is 1. The van der Waals surface area contributed by atoms with Crippen LogP contribution in [0.5, 0.6) is 5.75 Å². The maximum absolute atomic E-state index is 12.5. The van der Waals surface area contributed by atoms with Crippen molar-refractivity contribution in [3.63, 3.8) is 0 Å². The molecule has 1 unspecified atom stereocenters. The minimum Gasteiger partial charge on any atom is -0.481 e. The molecule has 1 atom stereocenters. The number of hydrogen-bond acceptors (Lipinski definition) is 6. The van der Waals surface area contributed by atoms with E-state index in [2.05, 4.69) is 15.4 Å². The molecular formula is C27H28N4O3S. The van der Waals surface area contributed by atoms with E-state index in [9.17, 15) is 9.59 Å². The molecule has 0 saturated heterocycles. The van der Waals surface area contributed by atoms with Crippen molar-refractivity contribution in [3.05, 3.63) is 87.8 Å². The van der Waals surface area contributed by atoms with Gasteiger partial charge in [0.1, 0.15) is 16.5 Å². The lowest BCUT2D eigenvalue weighted by Gasteiger charge is -2.16. The number of ether oxygens (including phenoxy) is 1. The Morgan fingerprint density at radius 3 is 2.49 bits per heavy atom. The molecule has 0 aliphatic heterocycles. The molecular weight excluding hydrogens is 460 g/mol. The van der Waals surface area contributed by atoms with Gasteiger partial charge in [0.15, 0.2) is 6.10 Å². The van der Waals surface area contributed by atoms with Gasteiger partial charge in [-0.2, -0.15) is 5.10 Å². The standard InChI is InChI=1S/C27H28N4O3S/c1-17-14-18(2)16-22(15-17)34-20(4)26(33)28-12-13-31-24(32)11-10-23(30-31)25-19(3)29-27(35-25)21-8-6-5-7-9-21/h5-11,14-16,20H,12-13H2,1-4H3,(H,28,33). The highest BCUT2D eigenvalue weighted by Crippen LogP contribution is 2.33. The third-order valence-electron chi connectivity index (χ3n) is 5.42. The minimum atomic E-state index is -0.663. The highest BCUT2D eigenvalue weighted by Gasteiger charge is 2.16. The summed E-state index contributed by atoms with van der Waals surface area (Å²) in [6, 6.07) is 19.0. The molecule has 0 bridgehead atoms. The molecule has 0 fully saturated rings. The monoisotopic (exact) mass is 488 g/mol. The molecule has 0 aliphatic rings. The lowest BCUT2D eigenvalue weighted by atomic mass is 10.1. The summed E-state index contributed by atoms with van der Waals surface area (Å²) in [7, 11) is 0. The quantitative estimate of drug-likeness (QED) is 0.393. The lowest BCUT2D eigenvalue weighted by molar-refractivity contribution is -0.127. The zero-order chi connectivity index (χ0) is 24.9. The van der Waals surface area contributed by atoms with E-state index >= 15 is 0 Å². The molecule has 1 N–H and O–H groups in total. The predicted octanol–water partition coefficient (Wildman–Crippen LogP) is 4.54. The number of nitrogens with one attached hydrogen (secondary N) is 1. The first-order valence-corrected chi connectivity index (χ1v) is 12.3. The van der Waals surface area contributed by atoms with Crippen molar-refractivity contribution in [3.8, 4) is 26.9 Å². The Morgan fingerprint density at radius 1 is 1.06 bits per heavy atom. The van der Waals surface area contributed by atoms with E-state index < -0.39 is 6.10 Å². The van der Waals surface area contributed by atoms with Gasteiger partial charge in [-0.25, -0.2) is 9.67 Å². The fraction of sp³-hybridized carbons (Fsp3) is 0.259. The van der Waals surface area contributed by atoms with Gasteiger partial charge >= 0.3 is 0 Å². The summed E-state index contributed by atoms with van der Waals surface area (Å²) in [5.74, 6) is 0.407. The second kappa shape index (κ2) is 10.7. The number of carbonyl (C=O) groups excluding carboxylic acids is 1. The van der Waals surface area contributed by atoms with Crippen LogP contribution in [-0.2, 0) is 11.3 Å². The summed E-state index contributed by atoms with van der Waals surface area (Å²) in [4.78, 5) is 30.5. The first-order valence-electron chi connectivity index (χ1n) is 11.4. The average Bonchev–Trinajstić information content (AvgIpc) is 3.21. The number of benzene rings is 2. The van der Waals surface area contributed by atoms with Crippen LogP contribution in [-0.4, -0.2) is 33.3 Å². The highest BCUT2D eigenvalue weighted by molar-refractivity contribution is 7.18. The molecule has 35 heavy (non-hydrogen) atoms. The number of rotatable bonds is 8. The third kappa shape index (κ3) is 6.02. The average molecular weight is 489 g/mol. The number of aromatic nitrogens is 3. The Hall–Kier alpha value is -3.78. The van der Waals surface area contributed by atoms with E-state index in [1.807, 2.05) is 69.3 Å². The first-order chi connectivity index (χ1) is 16.8. The van der Waals surface area contributed by atoms with Crippen LogP contribution >= 0.6 is 11.3 Å². The summed E-state index contributed by atoms with van der Waals surface area (Å²) >= 11 is 1.54. The number of carbonyl (C=O) groups is 1. The Labute approximate surface area is 208 Å².